The Labute approximate surface area is 161 Å². The summed E-state index contributed by atoms with van der Waals surface area (Å²) in [6, 6.07) is 15.2. The lowest BCUT2D eigenvalue weighted by molar-refractivity contribution is -0.132. The first-order valence-corrected chi connectivity index (χ1v) is 9.78. The number of nitrogens with zero attached hydrogens (tertiary/aromatic N) is 1. The average molecular weight is 371 g/mol. The van der Waals surface area contributed by atoms with E-state index in [0.29, 0.717) is 11.8 Å². The van der Waals surface area contributed by atoms with Gasteiger partial charge in [0.05, 0.1) is 0 Å². The normalized spacial score (nSPS) is 30.4. The number of halogens is 1. The smallest absolute Gasteiger partial charge is 0.226 e. The maximum Gasteiger partial charge on any atom is 0.226 e. The van der Waals surface area contributed by atoms with Crippen molar-refractivity contribution in [1.82, 2.24) is 10.2 Å². The number of fused-ring (bicyclic) bond motifs is 2. The number of likely N-dealkylation sites (tertiary alicyclic amines) is 1. The van der Waals surface area contributed by atoms with Crippen LogP contribution in [-0.4, -0.2) is 37.0 Å². The summed E-state index contributed by atoms with van der Waals surface area (Å²) in [4.78, 5) is 15.2. The fourth-order valence-corrected chi connectivity index (χ4v) is 4.95. The van der Waals surface area contributed by atoms with E-state index in [4.69, 9.17) is 0 Å². The number of carbonyl (C=O) groups is 1. The third-order valence-corrected chi connectivity index (χ3v) is 6.64. The molecule has 26 heavy (non-hydrogen) atoms. The van der Waals surface area contributed by atoms with Crippen LogP contribution in [-0.2, 0) is 4.79 Å². The summed E-state index contributed by atoms with van der Waals surface area (Å²) in [6.45, 7) is 4.22. The van der Waals surface area contributed by atoms with E-state index in [-0.39, 0.29) is 18.3 Å². The van der Waals surface area contributed by atoms with Crippen molar-refractivity contribution in [2.75, 3.05) is 26.2 Å². The van der Waals surface area contributed by atoms with Gasteiger partial charge in [-0.15, -0.1) is 12.4 Å². The van der Waals surface area contributed by atoms with Crippen molar-refractivity contribution in [2.24, 2.45) is 17.8 Å². The highest BCUT2D eigenvalue weighted by molar-refractivity contribution is 5.86. The molecule has 1 amide bonds. The van der Waals surface area contributed by atoms with Gasteiger partial charge in [0, 0.05) is 19.0 Å². The molecule has 2 saturated heterocycles. The van der Waals surface area contributed by atoms with Gasteiger partial charge in [0.15, 0.2) is 0 Å². The minimum absolute atomic E-state index is 0. The third kappa shape index (κ3) is 3.23. The van der Waals surface area contributed by atoms with E-state index < -0.39 is 0 Å². The molecule has 3 fully saturated rings. The summed E-state index contributed by atoms with van der Waals surface area (Å²) in [6.07, 6.45) is 3.38. The number of benzene rings is 2. The van der Waals surface area contributed by atoms with Gasteiger partial charge in [0.1, 0.15) is 0 Å². The summed E-state index contributed by atoms with van der Waals surface area (Å²) in [5, 5.41) is 6.08. The Bertz CT molecular complexity index is 794. The van der Waals surface area contributed by atoms with Crippen LogP contribution in [0, 0.1) is 17.8 Å². The molecule has 4 atom stereocenters. The summed E-state index contributed by atoms with van der Waals surface area (Å²) >= 11 is 0. The summed E-state index contributed by atoms with van der Waals surface area (Å²) in [5.74, 6) is 2.63. The zero-order chi connectivity index (χ0) is 16.8. The Morgan fingerprint density at radius 1 is 0.962 bits per heavy atom. The lowest BCUT2D eigenvalue weighted by Gasteiger charge is -2.21. The molecule has 2 aliphatic heterocycles. The molecule has 0 radical (unpaired) electrons. The molecular formula is C22H27ClN2O. The fraction of sp³-hybridized carbons (Fsp3) is 0.500. The number of carbonyl (C=O) groups excluding carboxylic acids is 1. The van der Waals surface area contributed by atoms with Crippen LogP contribution >= 0.6 is 12.4 Å². The van der Waals surface area contributed by atoms with Crippen molar-refractivity contribution in [1.29, 1.82) is 0 Å². The Morgan fingerprint density at radius 2 is 1.65 bits per heavy atom. The van der Waals surface area contributed by atoms with Gasteiger partial charge in [-0.3, -0.25) is 4.79 Å². The van der Waals surface area contributed by atoms with E-state index in [2.05, 4.69) is 52.7 Å². The third-order valence-electron chi connectivity index (χ3n) is 6.64. The molecule has 0 aromatic heterocycles. The predicted octanol–water partition coefficient (Wildman–Crippen LogP) is 3.82. The monoisotopic (exact) mass is 370 g/mol. The minimum atomic E-state index is 0. The van der Waals surface area contributed by atoms with Crippen LogP contribution in [0.3, 0.4) is 0 Å². The highest BCUT2D eigenvalue weighted by Crippen LogP contribution is 2.49. The van der Waals surface area contributed by atoms with Crippen molar-refractivity contribution < 1.29 is 4.79 Å². The van der Waals surface area contributed by atoms with E-state index in [9.17, 15) is 4.79 Å². The van der Waals surface area contributed by atoms with E-state index >= 15 is 0 Å². The van der Waals surface area contributed by atoms with Gasteiger partial charge in [-0.05, 0) is 66.4 Å². The molecule has 3 nitrogen and oxygen atoms in total. The van der Waals surface area contributed by atoms with E-state index in [1.807, 2.05) is 0 Å². The number of hydrogen-bond donors (Lipinski definition) is 1. The molecule has 2 unspecified atom stereocenters. The second-order valence-corrected chi connectivity index (χ2v) is 8.14. The molecule has 0 bridgehead atoms. The predicted molar refractivity (Wildman–Crippen MR) is 108 cm³/mol. The maximum absolute atomic E-state index is 13.0. The van der Waals surface area contributed by atoms with Crippen LogP contribution < -0.4 is 5.32 Å². The second kappa shape index (κ2) is 7.21. The van der Waals surface area contributed by atoms with Crippen molar-refractivity contribution in [3.05, 3.63) is 48.0 Å². The Kier molecular flexibility index (Phi) is 4.94. The van der Waals surface area contributed by atoms with Crippen molar-refractivity contribution in [3.8, 4) is 0 Å². The number of nitrogens with one attached hydrogen (secondary N) is 1. The van der Waals surface area contributed by atoms with Crippen molar-refractivity contribution >= 4 is 29.1 Å². The van der Waals surface area contributed by atoms with Crippen LogP contribution in [0.1, 0.15) is 30.7 Å². The highest BCUT2D eigenvalue weighted by Gasteiger charge is 2.46. The summed E-state index contributed by atoms with van der Waals surface area (Å²) < 4.78 is 0. The van der Waals surface area contributed by atoms with Crippen LogP contribution in [0.15, 0.2) is 42.5 Å². The molecule has 3 aliphatic rings. The molecule has 2 aromatic rings. The van der Waals surface area contributed by atoms with Gasteiger partial charge >= 0.3 is 0 Å². The van der Waals surface area contributed by atoms with Gasteiger partial charge < -0.3 is 10.2 Å². The number of hydrogen-bond acceptors (Lipinski definition) is 2. The second-order valence-electron chi connectivity index (χ2n) is 8.14. The van der Waals surface area contributed by atoms with Gasteiger partial charge in [-0.25, -0.2) is 0 Å². The molecule has 2 aromatic carbocycles. The average Bonchev–Trinajstić information content (AvgIpc) is 3.38. The van der Waals surface area contributed by atoms with Crippen LogP contribution in [0.5, 0.6) is 0 Å². The first-order valence-electron chi connectivity index (χ1n) is 9.78. The number of amides is 1. The molecule has 1 N–H and O–H groups in total. The quantitative estimate of drug-likeness (QED) is 0.871. The number of rotatable bonds is 2. The van der Waals surface area contributed by atoms with Gasteiger partial charge in [0.25, 0.3) is 0 Å². The molecule has 2 heterocycles. The topological polar surface area (TPSA) is 32.3 Å². The van der Waals surface area contributed by atoms with Crippen LogP contribution in [0.25, 0.3) is 10.8 Å². The zero-order valence-corrected chi connectivity index (χ0v) is 15.9. The molecule has 4 heteroatoms. The summed E-state index contributed by atoms with van der Waals surface area (Å²) in [7, 11) is 0. The molecule has 5 rings (SSSR count). The Balaban J connectivity index is 0.00000168. The van der Waals surface area contributed by atoms with Gasteiger partial charge in [-0.2, -0.15) is 0 Å². The van der Waals surface area contributed by atoms with Gasteiger partial charge in [-0.1, -0.05) is 42.5 Å². The van der Waals surface area contributed by atoms with E-state index in [1.54, 1.807) is 0 Å². The highest BCUT2D eigenvalue weighted by atomic mass is 35.5. The molecular weight excluding hydrogens is 344 g/mol. The van der Waals surface area contributed by atoms with Crippen LogP contribution in [0.2, 0.25) is 0 Å². The van der Waals surface area contributed by atoms with Gasteiger partial charge in [0.2, 0.25) is 5.91 Å². The van der Waals surface area contributed by atoms with Crippen LogP contribution in [0.4, 0.5) is 0 Å². The largest absolute Gasteiger partial charge is 0.342 e. The van der Waals surface area contributed by atoms with Crippen molar-refractivity contribution in [2.45, 2.75) is 25.2 Å². The molecule has 0 spiro atoms. The molecule has 138 valence electrons. The standard InChI is InChI=1S/C22H26N2O.ClH/c25-22(24-9-7-18-13-23-14-19(18)8-10-24)21-12-20(21)17-6-5-15-3-1-2-4-16(15)11-17;/h1-6,11,18-21,23H,7-10,12-14H2;1H/t18-,19+,20?,21?;. The zero-order valence-electron chi connectivity index (χ0n) is 15.1. The SMILES string of the molecule is Cl.O=C(C1CC1c1ccc2ccccc2c1)N1CC[C@@H]2CNC[C@@H]2CC1. The molecule has 1 saturated carbocycles. The first kappa shape index (κ1) is 17.8. The fourth-order valence-electron chi connectivity index (χ4n) is 4.95. The minimum Gasteiger partial charge on any atom is -0.342 e. The molecule has 1 aliphatic carbocycles. The summed E-state index contributed by atoms with van der Waals surface area (Å²) in [5.41, 5.74) is 1.34. The Hall–Kier alpha value is -1.58. The van der Waals surface area contributed by atoms with E-state index in [1.165, 1.54) is 29.2 Å². The Morgan fingerprint density at radius 3 is 2.38 bits per heavy atom. The first-order chi connectivity index (χ1) is 12.3. The van der Waals surface area contributed by atoms with E-state index in [0.717, 1.165) is 44.4 Å². The lowest BCUT2D eigenvalue weighted by atomic mass is 9.92. The van der Waals surface area contributed by atoms with Crippen molar-refractivity contribution in [3.63, 3.8) is 0 Å². The maximum atomic E-state index is 13.0. The lowest BCUT2D eigenvalue weighted by Crippen LogP contribution is -2.34.